The van der Waals surface area contributed by atoms with Crippen LogP contribution in [-0.2, 0) is 9.53 Å². The zero-order chi connectivity index (χ0) is 14.1. The first kappa shape index (κ1) is 16.7. The molecule has 18 heavy (non-hydrogen) atoms. The Morgan fingerprint density at radius 3 is 2.33 bits per heavy atom. The van der Waals surface area contributed by atoms with Crippen LogP contribution in [0.1, 0.15) is 33.6 Å². The highest BCUT2D eigenvalue weighted by Gasteiger charge is 2.25. The van der Waals surface area contributed by atoms with Crippen molar-refractivity contribution in [2.24, 2.45) is 5.92 Å². The van der Waals surface area contributed by atoms with Gasteiger partial charge in [0.1, 0.15) is 6.04 Å². The molecule has 0 aromatic rings. The van der Waals surface area contributed by atoms with E-state index in [-0.39, 0.29) is 12.0 Å². The van der Waals surface area contributed by atoms with Crippen LogP contribution in [0.25, 0.3) is 0 Å². The van der Waals surface area contributed by atoms with E-state index in [1.807, 2.05) is 13.8 Å². The summed E-state index contributed by atoms with van der Waals surface area (Å²) in [4.78, 5) is 22.7. The maximum atomic E-state index is 11.6. The number of amides is 2. The Morgan fingerprint density at radius 2 is 1.89 bits per heavy atom. The Hall–Kier alpha value is -1.30. The first-order valence-electron chi connectivity index (χ1n) is 6.21. The molecule has 0 radical (unpaired) electrons. The quantitative estimate of drug-likeness (QED) is 0.612. The zero-order valence-electron chi connectivity index (χ0n) is 11.5. The number of carbonyl (C=O) groups excluding carboxylic acids is 1. The summed E-state index contributed by atoms with van der Waals surface area (Å²) in [6, 6.07) is -1.37. The van der Waals surface area contributed by atoms with Gasteiger partial charge in [-0.2, -0.15) is 0 Å². The standard InChI is InChI=1S/C12H24N2O4/c1-5-8(2)10(11(15)16)14-12(17)13-9(3)6-7-18-4/h8-10H,5-7H2,1-4H3,(H,15,16)(H2,13,14,17)/t8?,9?,10-/m0/s1. The molecule has 3 atom stereocenters. The van der Waals surface area contributed by atoms with Crippen molar-refractivity contribution in [1.29, 1.82) is 0 Å². The van der Waals surface area contributed by atoms with Crippen LogP contribution >= 0.6 is 0 Å². The van der Waals surface area contributed by atoms with Gasteiger partial charge in [0.25, 0.3) is 0 Å². The second-order valence-electron chi connectivity index (χ2n) is 4.50. The Balaban J connectivity index is 4.21. The highest BCUT2D eigenvalue weighted by molar-refractivity contribution is 5.82. The van der Waals surface area contributed by atoms with Gasteiger partial charge in [-0.05, 0) is 19.3 Å². The number of hydrogen-bond donors (Lipinski definition) is 3. The monoisotopic (exact) mass is 260 g/mol. The third kappa shape index (κ3) is 6.44. The maximum absolute atomic E-state index is 11.6. The summed E-state index contributed by atoms with van der Waals surface area (Å²) < 4.78 is 4.90. The summed E-state index contributed by atoms with van der Waals surface area (Å²) >= 11 is 0. The molecule has 106 valence electrons. The van der Waals surface area contributed by atoms with Crippen molar-refractivity contribution < 1.29 is 19.4 Å². The van der Waals surface area contributed by atoms with Gasteiger partial charge in [-0.3, -0.25) is 0 Å². The van der Waals surface area contributed by atoms with Gasteiger partial charge < -0.3 is 20.5 Å². The third-order valence-corrected chi connectivity index (χ3v) is 2.90. The Kier molecular flexibility index (Phi) is 8.11. The van der Waals surface area contributed by atoms with Crippen LogP contribution in [0, 0.1) is 5.92 Å². The second-order valence-corrected chi connectivity index (χ2v) is 4.50. The molecule has 0 aliphatic carbocycles. The average molecular weight is 260 g/mol. The van der Waals surface area contributed by atoms with Gasteiger partial charge in [-0.25, -0.2) is 9.59 Å². The lowest BCUT2D eigenvalue weighted by Crippen LogP contribution is -2.51. The van der Waals surface area contributed by atoms with Crippen molar-refractivity contribution in [3.05, 3.63) is 0 Å². The fourth-order valence-electron chi connectivity index (χ4n) is 1.46. The number of aliphatic carboxylic acids is 1. The zero-order valence-corrected chi connectivity index (χ0v) is 11.5. The number of carboxylic acids is 1. The van der Waals surface area contributed by atoms with Gasteiger partial charge in [0.2, 0.25) is 0 Å². The van der Waals surface area contributed by atoms with Crippen molar-refractivity contribution >= 4 is 12.0 Å². The fraction of sp³-hybridized carbons (Fsp3) is 0.833. The van der Waals surface area contributed by atoms with E-state index in [0.29, 0.717) is 19.4 Å². The largest absolute Gasteiger partial charge is 0.480 e. The fourth-order valence-corrected chi connectivity index (χ4v) is 1.46. The van der Waals surface area contributed by atoms with E-state index in [0.717, 1.165) is 0 Å². The van der Waals surface area contributed by atoms with E-state index in [1.165, 1.54) is 0 Å². The number of carbonyl (C=O) groups is 2. The molecule has 0 heterocycles. The van der Waals surface area contributed by atoms with Gasteiger partial charge in [0, 0.05) is 19.8 Å². The lowest BCUT2D eigenvalue weighted by Gasteiger charge is -2.22. The molecular weight excluding hydrogens is 236 g/mol. The number of methoxy groups -OCH3 is 1. The van der Waals surface area contributed by atoms with E-state index in [4.69, 9.17) is 9.84 Å². The van der Waals surface area contributed by atoms with Gasteiger partial charge in [-0.1, -0.05) is 20.3 Å². The van der Waals surface area contributed by atoms with E-state index in [9.17, 15) is 9.59 Å². The summed E-state index contributed by atoms with van der Waals surface area (Å²) in [5.74, 6) is -1.12. The highest BCUT2D eigenvalue weighted by atomic mass is 16.5. The Bertz CT molecular complexity index is 271. The molecule has 0 saturated carbocycles. The first-order valence-corrected chi connectivity index (χ1v) is 6.21. The van der Waals surface area contributed by atoms with Crippen LogP contribution in [0.4, 0.5) is 4.79 Å². The predicted octanol–water partition coefficient (Wildman–Crippen LogP) is 1.21. The molecule has 6 heteroatoms. The van der Waals surface area contributed by atoms with Crippen molar-refractivity contribution in [1.82, 2.24) is 10.6 Å². The van der Waals surface area contributed by atoms with Crippen LogP contribution < -0.4 is 10.6 Å². The van der Waals surface area contributed by atoms with Crippen molar-refractivity contribution in [3.63, 3.8) is 0 Å². The lowest BCUT2D eigenvalue weighted by molar-refractivity contribution is -0.140. The lowest BCUT2D eigenvalue weighted by atomic mass is 9.99. The second kappa shape index (κ2) is 8.74. The van der Waals surface area contributed by atoms with Crippen LogP contribution in [0.5, 0.6) is 0 Å². The molecule has 0 fully saturated rings. The van der Waals surface area contributed by atoms with Crippen LogP contribution in [-0.4, -0.2) is 42.9 Å². The summed E-state index contributed by atoms with van der Waals surface area (Å²) in [6.45, 7) is 6.08. The molecule has 0 spiro atoms. The molecule has 0 rings (SSSR count). The average Bonchev–Trinajstić information content (AvgIpc) is 2.32. The topological polar surface area (TPSA) is 87.7 Å². The number of ether oxygens (including phenoxy) is 1. The molecule has 0 aliphatic heterocycles. The SMILES string of the molecule is CCC(C)[C@H](NC(=O)NC(C)CCOC)C(=O)O. The number of carboxylic acid groups (broad SMARTS) is 1. The van der Waals surface area contributed by atoms with E-state index in [1.54, 1.807) is 14.0 Å². The van der Waals surface area contributed by atoms with Crippen LogP contribution in [0.2, 0.25) is 0 Å². The smallest absolute Gasteiger partial charge is 0.326 e. The normalized spacial score (nSPS) is 15.6. The predicted molar refractivity (Wildman–Crippen MR) is 68.5 cm³/mol. The summed E-state index contributed by atoms with van der Waals surface area (Å²) in [6.07, 6.45) is 1.38. The minimum atomic E-state index is -1.01. The minimum absolute atomic E-state index is 0.0590. The Labute approximate surface area is 108 Å². The third-order valence-electron chi connectivity index (χ3n) is 2.90. The van der Waals surface area contributed by atoms with Gasteiger partial charge in [0.15, 0.2) is 0 Å². The summed E-state index contributed by atoms with van der Waals surface area (Å²) in [7, 11) is 1.59. The number of hydrogen-bond acceptors (Lipinski definition) is 3. The number of urea groups is 1. The molecule has 0 saturated heterocycles. The van der Waals surface area contributed by atoms with Crippen LogP contribution in [0.3, 0.4) is 0 Å². The molecule has 6 nitrogen and oxygen atoms in total. The number of nitrogens with one attached hydrogen (secondary N) is 2. The molecule has 3 N–H and O–H groups in total. The highest BCUT2D eigenvalue weighted by Crippen LogP contribution is 2.07. The van der Waals surface area contributed by atoms with Crippen LogP contribution in [0.15, 0.2) is 0 Å². The molecule has 0 bridgehead atoms. The molecule has 0 aromatic carbocycles. The van der Waals surface area contributed by atoms with E-state index in [2.05, 4.69) is 10.6 Å². The number of rotatable bonds is 8. The Morgan fingerprint density at radius 1 is 1.28 bits per heavy atom. The minimum Gasteiger partial charge on any atom is -0.480 e. The molecular formula is C12H24N2O4. The first-order chi connectivity index (χ1) is 8.42. The molecule has 2 unspecified atom stereocenters. The van der Waals surface area contributed by atoms with Gasteiger partial charge in [0.05, 0.1) is 0 Å². The molecule has 0 aliphatic rings. The maximum Gasteiger partial charge on any atom is 0.326 e. The van der Waals surface area contributed by atoms with E-state index < -0.39 is 18.0 Å². The van der Waals surface area contributed by atoms with E-state index >= 15 is 0 Å². The van der Waals surface area contributed by atoms with Gasteiger partial charge in [-0.15, -0.1) is 0 Å². The van der Waals surface area contributed by atoms with Crippen molar-refractivity contribution in [2.45, 2.75) is 45.7 Å². The van der Waals surface area contributed by atoms with Gasteiger partial charge >= 0.3 is 12.0 Å². The molecule has 2 amide bonds. The summed E-state index contributed by atoms with van der Waals surface area (Å²) in [5, 5.41) is 14.2. The summed E-state index contributed by atoms with van der Waals surface area (Å²) in [5.41, 5.74) is 0. The van der Waals surface area contributed by atoms with Crippen molar-refractivity contribution in [2.75, 3.05) is 13.7 Å². The van der Waals surface area contributed by atoms with Crippen molar-refractivity contribution in [3.8, 4) is 0 Å². The molecule has 0 aromatic heterocycles.